The molecule has 158 valence electrons. The Labute approximate surface area is 184 Å². The molecule has 2 heterocycles. The highest BCUT2D eigenvalue weighted by Crippen LogP contribution is 2.33. The van der Waals surface area contributed by atoms with Gasteiger partial charge in [0.05, 0.1) is 0 Å². The zero-order valence-corrected chi connectivity index (χ0v) is 17.3. The van der Waals surface area contributed by atoms with Crippen LogP contribution in [0.2, 0.25) is 0 Å². The lowest BCUT2D eigenvalue weighted by atomic mass is 10.0. The summed E-state index contributed by atoms with van der Waals surface area (Å²) in [6.07, 6.45) is 2.01. The van der Waals surface area contributed by atoms with E-state index in [0.717, 1.165) is 22.4 Å². The van der Waals surface area contributed by atoms with Crippen molar-refractivity contribution >= 4 is 23.5 Å². The summed E-state index contributed by atoms with van der Waals surface area (Å²) in [5.74, 6) is 0.0788. The molecule has 0 bridgehead atoms. The van der Waals surface area contributed by atoms with E-state index in [-0.39, 0.29) is 23.7 Å². The van der Waals surface area contributed by atoms with E-state index < -0.39 is 0 Å². The molecule has 0 saturated carbocycles. The minimum atomic E-state index is -0.320. The van der Waals surface area contributed by atoms with E-state index in [9.17, 15) is 9.18 Å². The fourth-order valence-electron chi connectivity index (χ4n) is 3.61. The first kappa shape index (κ1) is 19.7. The van der Waals surface area contributed by atoms with Crippen molar-refractivity contribution in [3.8, 4) is 0 Å². The van der Waals surface area contributed by atoms with Crippen LogP contribution in [0.3, 0.4) is 0 Å². The summed E-state index contributed by atoms with van der Waals surface area (Å²) in [6, 6.07) is 23.1. The van der Waals surface area contributed by atoms with Crippen LogP contribution >= 0.6 is 0 Å². The first-order chi connectivity index (χ1) is 15.6. The van der Waals surface area contributed by atoms with Gasteiger partial charge in [0.2, 0.25) is 5.95 Å². The normalized spacial score (nSPS) is 14.8. The fraction of sp³-hybridized carbons (Fsp3) is 0.0800. The van der Waals surface area contributed by atoms with Gasteiger partial charge in [-0.1, -0.05) is 60.2 Å². The molecule has 1 aromatic heterocycles. The number of rotatable bonds is 4. The molecule has 0 aliphatic carbocycles. The van der Waals surface area contributed by atoms with Crippen LogP contribution in [0.15, 0.2) is 84.9 Å². The Morgan fingerprint density at radius 1 is 1.00 bits per heavy atom. The van der Waals surface area contributed by atoms with Crippen molar-refractivity contribution in [3.63, 3.8) is 0 Å². The molecule has 1 aliphatic heterocycles. The molecule has 32 heavy (non-hydrogen) atoms. The van der Waals surface area contributed by atoms with Crippen LogP contribution in [0, 0.1) is 12.7 Å². The number of nitrogens with zero attached hydrogens (tertiary/aromatic N) is 3. The minimum Gasteiger partial charge on any atom is -0.324 e. The molecule has 0 saturated heterocycles. The molecule has 7 heteroatoms. The summed E-state index contributed by atoms with van der Waals surface area (Å²) < 4.78 is 15.2. The lowest BCUT2D eigenvalue weighted by Gasteiger charge is -2.24. The number of benzene rings is 3. The number of hydrogen-bond acceptors (Lipinski definition) is 4. The molecule has 0 fully saturated rings. The van der Waals surface area contributed by atoms with E-state index >= 15 is 0 Å². The standard InChI is InChI=1S/C25H20FN5O/c1-16-7-9-19(10-8-16)23(32)28-24-29-25-27-21(17-5-3-2-4-6-17)15-22(31(25)30-24)18-11-13-20(26)14-12-18/h2-15,22H,1H3,(H2,27,28,29,30,32). The molecule has 5 rings (SSSR count). The minimum absolute atomic E-state index is 0.188. The first-order valence-electron chi connectivity index (χ1n) is 10.2. The smallest absolute Gasteiger partial charge is 0.258 e. The van der Waals surface area contributed by atoms with Crippen LogP contribution in [0.25, 0.3) is 5.70 Å². The summed E-state index contributed by atoms with van der Waals surface area (Å²) in [4.78, 5) is 17.1. The number of aryl methyl sites for hydroxylation is 1. The zero-order valence-electron chi connectivity index (χ0n) is 17.3. The van der Waals surface area contributed by atoms with Gasteiger partial charge in [0.15, 0.2) is 0 Å². The molecule has 1 atom stereocenters. The lowest BCUT2D eigenvalue weighted by Crippen LogP contribution is -2.20. The summed E-state index contributed by atoms with van der Waals surface area (Å²) >= 11 is 0. The third kappa shape index (κ3) is 3.88. The molecule has 0 radical (unpaired) electrons. The Balaban J connectivity index is 1.50. The zero-order chi connectivity index (χ0) is 22.1. The number of amides is 1. The van der Waals surface area contributed by atoms with Crippen LogP contribution in [0.5, 0.6) is 0 Å². The van der Waals surface area contributed by atoms with Crippen LogP contribution in [0.1, 0.15) is 33.1 Å². The number of nitrogens with one attached hydrogen (secondary N) is 2. The van der Waals surface area contributed by atoms with Crippen LogP contribution in [-0.4, -0.2) is 20.7 Å². The van der Waals surface area contributed by atoms with Crippen molar-refractivity contribution in [3.05, 3.63) is 113 Å². The average Bonchev–Trinajstić information content (AvgIpc) is 3.22. The van der Waals surface area contributed by atoms with E-state index in [1.54, 1.807) is 28.9 Å². The van der Waals surface area contributed by atoms with Gasteiger partial charge >= 0.3 is 0 Å². The maximum Gasteiger partial charge on any atom is 0.258 e. The number of carbonyl (C=O) groups excluding carboxylic acids is 1. The predicted molar refractivity (Wildman–Crippen MR) is 122 cm³/mol. The van der Waals surface area contributed by atoms with Gasteiger partial charge in [-0.3, -0.25) is 10.1 Å². The molecular formula is C25H20FN5O. The summed E-state index contributed by atoms with van der Waals surface area (Å²) in [5.41, 5.74) is 4.29. The summed E-state index contributed by atoms with van der Waals surface area (Å²) in [6.45, 7) is 1.96. The van der Waals surface area contributed by atoms with Gasteiger partial charge in [0, 0.05) is 11.3 Å². The SMILES string of the molecule is Cc1ccc(C(=O)Nc2nc3n(n2)C(c2ccc(F)cc2)C=C(c2ccccc2)N3)cc1. The summed E-state index contributed by atoms with van der Waals surface area (Å²) in [7, 11) is 0. The second-order valence-electron chi connectivity index (χ2n) is 7.59. The molecule has 0 spiro atoms. The quantitative estimate of drug-likeness (QED) is 0.481. The number of halogens is 1. The van der Waals surface area contributed by atoms with Gasteiger partial charge in [0.25, 0.3) is 11.9 Å². The van der Waals surface area contributed by atoms with Crippen molar-refractivity contribution in [2.45, 2.75) is 13.0 Å². The Hall–Kier alpha value is -4.26. The van der Waals surface area contributed by atoms with E-state index in [2.05, 4.69) is 20.7 Å². The Kier molecular flexibility index (Phi) is 4.99. The van der Waals surface area contributed by atoms with E-state index in [1.165, 1.54) is 12.1 Å². The van der Waals surface area contributed by atoms with Gasteiger partial charge in [-0.05, 0) is 48.4 Å². The maximum atomic E-state index is 13.5. The topological polar surface area (TPSA) is 71.8 Å². The largest absolute Gasteiger partial charge is 0.324 e. The average molecular weight is 425 g/mol. The molecule has 4 aromatic rings. The second-order valence-corrected chi connectivity index (χ2v) is 7.59. The molecule has 1 aliphatic rings. The monoisotopic (exact) mass is 425 g/mol. The molecule has 1 unspecified atom stereocenters. The fourth-order valence-corrected chi connectivity index (χ4v) is 3.61. The lowest BCUT2D eigenvalue weighted by molar-refractivity contribution is 0.102. The number of hydrogen-bond donors (Lipinski definition) is 2. The van der Waals surface area contributed by atoms with Gasteiger partial charge < -0.3 is 5.32 Å². The van der Waals surface area contributed by atoms with Crippen molar-refractivity contribution in [1.82, 2.24) is 14.8 Å². The van der Waals surface area contributed by atoms with E-state index in [4.69, 9.17) is 0 Å². The van der Waals surface area contributed by atoms with E-state index in [1.807, 2.05) is 55.5 Å². The number of carbonyl (C=O) groups is 1. The van der Waals surface area contributed by atoms with Crippen molar-refractivity contribution in [2.24, 2.45) is 0 Å². The molecule has 1 amide bonds. The first-order valence-corrected chi connectivity index (χ1v) is 10.2. The Morgan fingerprint density at radius 2 is 1.72 bits per heavy atom. The molecular weight excluding hydrogens is 405 g/mol. The van der Waals surface area contributed by atoms with Crippen molar-refractivity contribution < 1.29 is 9.18 Å². The van der Waals surface area contributed by atoms with Crippen molar-refractivity contribution in [2.75, 3.05) is 10.6 Å². The number of anilines is 2. The van der Waals surface area contributed by atoms with Gasteiger partial charge in [0.1, 0.15) is 11.9 Å². The maximum absolute atomic E-state index is 13.5. The highest BCUT2D eigenvalue weighted by atomic mass is 19.1. The highest BCUT2D eigenvalue weighted by Gasteiger charge is 2.26. The third-order valence-electron chi connectivity index (χ3n) is 5.30. The molecule has 3 aromatic carbocycles. The van der Waals surface area contributed by atoms with Gasteiger partial charge in [-0.15, -0.1) is 5.10 Å². The molecule has 2 N–H and O–H groups in total. The predicted octanol–water partition coefficient (Wildman–Crippen LogP) is 5.03. The van der Waals surface area contributed by atoms with Crippen LogP contribution in [0.4, 0.5) is 16.3 Å². The molecule has 6 nitrogen and oxygen atoms in total. The van der Waals surface area contributed by atoms with Crippen molar-refractivity contribution in [1.29, 1.82) is 0 Å². The van der Waals surface area contributed by atoms with Gasteiger partial charge in [-0.25, -0.2) is 9.07 Å². The van der Waals surface area contributed by atoms with Gasteiger partial charge in [-0.2, -0.15) is 4.98 Å². The third-order valence-corrected chi connectivity index (χ3v) is 5.30. The Morgan fingerprint density at radius 3 is 2.44 bits per heavy atom. The summed E-state index contributed by atoms with van der Waals surface area (Å²) in [5, 5.41) is 10.6. The number of aromatic nitrogens is 3. The number of allylic oxidation sites excluding steroid dienone is 1. The number of fused-ring (bicyclic) bond motifs is 1. The highest BCUT2D eigenvalue weighted by molar-refractivity contribution is 6.03. The van der Waals surface area contributed by atoms with E-state index in [0.29, 0.717) is 11.5 Å². The van der Waals surface area contributed by atoms with Crippen LogP contribution < -0.4 is 10.6 Å². The second kappa shape index (κ2) is 8.11. The Bertz CT molecular complexity index is 1290. The van der Waals surface area contributed by atoms with Crippen LogP contribution in [-0.2, 0) is 0 Å².